The number of esters is 1. The third kappa shape index (κ3) is 3.12. The van der Waals surface area contributed by atoms with Crippen molar-refractivity contribution in [1.29, 1.82) is 0 Å². The third-order valence-electron chi connectivity index (χ3n) is 3.31. The fraction of sp³-hybridized carbons (Fsp3) is 0.909. The van der Waals surface area contributed by atoms with Crippen molar-refractivity contribution >= 4 is 5.97 Å². The Morgan fingerprint density at radius 2 is 2.18 bits per heavy atom. The lowest BCUT2D eigenvalue weighted by Gasteiger charge is -2.39. The van der Waals surface area contributed by atoms with E-state index in [1.54, 1.807) is 6.92 Å². The number of likely N-dealkylation sites (N-methyl/N-ethyl adjacent to an activating group) is 1. The first kappa shape index (κ1) is 14.3. The highest BCUT2D eigenvalue weighted by Crippen LogP contribution is 2.42. The van der Waals surface area contributed by atoms with Crippen LogP contribution in [0.2, 0.25) is 0 Å². The van der Waals surface area contributed by atoms with E-state index in [0.29, 0.717) is 19.4 Å². The van der Waals surface area contributed by atoms with E-state index < -0.39 is 23.6 Å². The largest absolute Gasteiger partial charge is 0.468 e. The van der Waals surface area contributed by atoms with Crippen LogP contribution in [-0.2, 0) is 9.53 Å². The third-order valence-corrected chi connectivity index (χ3v) is 3.31. The number of hydrogen-bond donors (Lipinski definition) is 1. The molecule has 100 valence electrons. The van der Waals surface area contributed by atoms with Gasteiger partial charge in [0.15, 0.2) is 0 Å². The second-order valence-corrected chi connectivity index (χ2v) is 4.44. The number of halogens is 3. The van der Waals surface area contributed by atoms with Gasteiger partial charge in [0.05, 0.1) is 13.0 Å². The maximum atomic E-state index is 12.7. The zero-order valence-electron chi connectivity index (χ0n) is 10.1. The van der Waals surface area contributed by atoms with Crippen molar-refractivity contribution in [2.45, 2.75) is 44.3 Å². The summed E-state index contributed by atoms with van der Waals surface area (Å²) in [5.74, 6) is -2.01. The van der Waals surface area contributed by atoms with Crippen molar-refractivity contribution in [3.05, 3.63) is 0 Å². The summed E-state index contributed by atoms with van der Waals surface area (Å²) >= 11 is 0. The highest BCUT2D eigenvalue weighted by molar-refractivity contribution is 5.81. The first-order chi connectivity index (χ1) is 7.85. The number of ether oxygens (including phenoxy) is 1. The molecule has 0 aromatic heterocycles. The average molecular weight is 253 g/mol. The Bertz CT molecular complexity index is 276. The normalized spacial score (nSPS) is 30.1. The molecule has 0 aromatic carbocycles. The van der Waals surface area contributed by atoms with Crippen LogP contribution >= 0.6 is 0 Å². The van der Waals surface area contributed by atoms with E-state index >= 15 is 0 Å². The maximum Gasteiger partial charge on any atom is 0.391 e. The molecule has 2 atom stereocenters. The zero-order valence-corrected chi connectivity index (χ0v) is 10.1. The van der Waals surface area contributed by atoms with Crippen molar-refractivity contribution in [3.63, 3.8) is 0 Å². The fourth-order valence-corrected chi connectivity index (χ4v) is 2.51. The molecular weight excluding hydrogens is 235 g/mol. The predicted molar refractivity (Wildman–Crippen MR) is 56.4 cm³/mol. The van der Waals surface area contributed by atoms with E-state index in [1.165, 1.54) is 7.11 Å². The van der Waals surface area contributed by atoms with Crippen LogP contribution in [0.3, 0.4) is 0 Å². The molecule has 0 aromatic rings. The van der Waals surface area contributed by atoms with Crippen molar-refractivity contribution in [1.82, 2.24) is 5.32 Å². The molecule has 0 heterocycles. The van der Waals surface area contributed by atoms with E-state index in [2.05, 4.69) is 10.1 Å². The van der Waals surface area contributed by atoms with Gasteiger partial charge in [-0.1, -0.05) is 13.3 Å². The zero-order chi connectivity index (χ0) is 13.1. The van der Waals surface area contributed by atoms with E-state index in [0.717, 1.165) is 0 Å². The molecule has 2 unspecified atom stereocenters. The summed E-state index contributed by atoms with van der Waals surface area (Å²) in [5.41, 5.74) is -1.16. The van der Waals surface area contributed by atoms with Crippen molar-refractivity contribution < 1.29 is 22.7 Å². The summed E-state index contributed by atoms with van der Waals surface area (Å²) in [7, 11) is 1.21. The summed E-state index contributed by atoms with van der Waals surface area (Å²) in [4.78, 5) is 11.7. The molecule has 1 saturated carbocycles. The predicted octanol–water partition coefficient (Wildman–Crippen LogP) is 2.26. The van der Waals surface area contributed by atoms with Crippen molar-refractivity contribution in [2.24, 2.45) is 5.92 Å². The number of alkyl halides is 3. The first-order valence-corrected chi connectivity index (χ1v) is 5.76. The summed E-state index contributed by atoms with van der Waals surface area (Å²) in [6.07, 6.45) is -3.59. The summed E-state index contributed by atoms with van der Waals surface area (Å²) in [6, 6.07) is 0. The molecule has 1 fully saturated rings. The molecule has 0 radical (unpaired) electrons. The van der Waals surface area contributed by atoms with Gasteiger partial charge in [0.2, 0.25) is 0 Å². The van der Waals surface area contributed by atoms with Gasteiger partial charge in [-0.25, -0.2) is 0 Å². The smallest absolute Gasteiger partial charge is 0.391 e. The standard InChI is InChI=1S/C11H18F3NO2/c1-3-15-10(9(16)17-2)6-4-5-8(7-10)11(12,13)14/h8,15H,3-7H2,1-2H3. The monoisotopic (exact) mass is 253 g/mol. The van der Waals surface area contributed by atoms with E-state index in [4.69, 9.17) is 0 Å². The van der Waals surface area contributed by atoms with Crippen LogP contribution in [-0.4, -0.2) is 31.3 Å². The summed E-state index contributed by atoms with van der Waals surface area (Å²) < 4.78 is 42.8. The van der Waals surface area contributed by atoms with Gasteiger partial charge in [-0.2, -0.15) is 13.2 Å². The molecule has 1 rings (SSSR count). The highest BCUT2D eigenvalue weighted by atomic mass is 19.4. The minimum atomic E-state index is -4.24. The Labute approximate surface area is 98.7 Å². The van der Waals surface area contributed by atoms with Gasteiger partial charge in [0, 0.05) is 0 Å². The van der Waals surface area contributed by atoms with E-state index in [1.807, 2.05) is 0 Å². The SMILES string of the molecule is CCNC1(C(=O)OC)CCCC(C(F)(F)F)C1. The quantitative estimate of drug-likeness (QED) is 0.784. The number of hydrogen-bond acceptors (Lipinski definition) is 3. The molecule has 1 aliphatic rings. The van der Waals surface area contributed by atoms with Gasteiger partial charge < -0.3 is 10.1 Å². The minimum absolute atomic E-state index is 0.0909. The Morgan fingerprint density at radius 1 is 1.53 bits per heavy atom. The van der Waals surface area contributed by atoms with Gasteiger partial charge in [0.1, 0.15) is 5.54 Å². The fourth-order valence-electron chi connectivity index (χ4n) is 2.51. The lowest BCUT2D eigenvalue weighted by atomic mass is 9.75. The number of methoxy groups -OCH3 is 1. The second kappa shape index (κ2) is 5.25. The van der Waals surface area contributed by atoms with Crippen LogP contribution in [0.25, 0.3) is 0 Å². The molecule has 0 saturated heterocycles. The van der Waals surface area contributed by atoms with Crippen LogP contribution in [0.1, 0.15) is 32.6 Å². The molecule has 0 spiro atoms. The van der Waals surface area contributed by atoms with Crippen LogP contribution < -0.4 is 5.32 Å². The van der Waals surface area contributed by atoms with Crippen LogP contribution in [0, 0.1) is 5.92 Å². The Hall–Kier alpha value is -0.780. The van der Waals surface area contributed by atoms with Crippen molar-refractivity contribution in [3.8, 4) is 0 Å². The lowest BCUT2D eigenvalue weighted by molar-refractivity contribution is -0.192. The number of nitrogens with one attached hydrogen (secondary N) is 1. The highest BCUT2D eigenvalue weighted by Gasteiger charge is 2.51. The molecular formula is C11H18F3NO2. The van der Waals surface area contributed by atoms with E-state index in [-0.39, 0.29) is 12.8 Å². The molecule has 6 heteroatoms. The van der Waals surface area contributed by atoms with Gasteiger partial charge in [0.25, 0.3) is 0 Å². The van der Waals surface area contributed by atoms with Crippen LogP contribution in [0.4, 0.5) is 13.2 Å². The van der Waals surface area contributed by atoms with E-state index in [9.17, 15) is 18.0 Å². The Morgan fingerprint density at radius 3 is 2.65 bits per heavy atom. The molecule has 17 heavy (non-hydrogen) atoms. The minimum Gasteiger partial charge on any atom is -0.468 e. The van der Waals surface area contributed by atoms with Crippen LogP contribution in [0.5, 0.6) is 0 Å². The van der Waals surface area contributed by atoms with Gasteiger partial charge in [-0.3, -0.25) is 4.79 Å². The first-order valence-electron chi connectivity index (χ1n) is 5.76. The summed E-state index contributed by atoms with van der Waals surface area (Å²) in [6.45, 7) is 2.21. The topological polar surface area (TPSA) is 38.3 Å². The average Bonchev–Trinajstić information content (AvgIpc) is 2.27. The Balaban J connectivity index is 2.87. The molecule has 0 amide bonds. The number of carbonyl (C=O) groups is 1. The van der Waals surface area contributed by atoms with Crippen LogP contribution in [0.15, 0.2) is 0 Å². The van der Waals surface area contributed by atoms with Gasteiger partial charge >= 0.3 is 12.1 Å². The Kier molecular flexibility index (Phi) is 4.41. The van der Waals surface area contributed by atoms with Gasteiger partial charge in [-0.05, 0) is 25.8 Å². The van der Waals surface area contributed by atoms with Crippen molar-refractivity contribution in [2.75, 3.05) is 13.7 Å². The number of rotatable bonds is 3. The maximum absolute atomic E-state index is 12.7. The lowest BCUT2D eigenvalue weighted by Crippen LogP contribution is -2.56. The molecule has 0 bridgehead atoms. The molecule has 1 N–H and O–H groups in total. The second-order valence-electron chi connectivity index (χ2n) is 4.44. The summed E-state index contributed by atoms with van der Waals surface area (Å²) in [5, 5.41) is 2.88. The molecule has 0 aliphatic heterocycles. The molecule has 1 aliphatic carbocycles. The molecule has 3 nitrogen and oxygen atoms in total. The van der Waals surface area contributed by atoms with Gasteiger partial charge in [-0.15, -0.1) is 0 Å². The number of carbonyl (C=O) groups excluding carboxylic acids is 1.